The summed E-state index contributed by atoms with van der Waals surface area (Å²) in [6, 6.07) is 11.2. The maximum Gasteiger partial charge on any atom is 0.419 e. The molecule has 10 nitrogen and oxygen atoms in total. The first kappa shape index (κ1) is 31.2. The largest absolute Gasteiger partial charge is 0.461 e. The normalized spacial score (nSPS) is 17.4. The summed E-state index contributed by atoms with van der Waals surface area (Å²) in [5.74, 6) is -0.671. The number of anilines is 1. The van der Waals surface area contributed by atoms with Crippen LogP contribution in [0.1, 0.15) is 61.9 Å². The number of hydrogen-bond donors (Lipinski definition) is 1. The molecule has 1 atom stereocenters. The lowest BCUT2D eigenvalue weighted by Gasteiger charge is -2.40. The molecule has 1 aromatic heterocycles. The van der Waals surface area contributed by atoms with E-state index in [2.05, 4.69) is 10.2 Å². The molecule has 13 heteroatoms. The third kappa shape index (κ3) is 6.77. The van der Waals surface area contributed by atoms with Crippen molar-refractivity contribution in [3.63, 3.8) is 0 Å². The molecule has 5 rings (SSSR count). The van der Waals surface area contributed by atoms with Gasteiger partial charge in [-0.15, -0.1) is 0 Å². The number of para-hydroxylation sites is 1. The maximum absolute atomic E-state index is 13.4. The minimum atomic E-state index is -4.56. The molecule has 44 heavy (non-hydrogen) atoms. The summed E-state index contributed by atoms with van der Waals surface area (Å²) >= 11 is 0. The number of carbonyl (C=O) groups is 2. The van der Waals surface area contributed by atoms with Crippen LogP contribution in [0.4, 0.5) is 23.7 Å². The van der Waals surface area contributed by atoms with Gasteiger partial charge >= 0.3 is 18.2 Å². The van der Waals surface area contributed by atoms with E-state index >= 15 is 0 Å². The van der Waals surface area contributed by atoms with Crippen molar-refractivity contribution in [1.82, 2.24) is 19.6 Å². The van der Waals surface area contributed by atoms with Crippen molar-refractivity contribution >= 4 is 17.7 Å². The average Bonchev–Trinajstić information content (AvgIpc) is 3.37. The molecule has 1 fully saturated rings. The molecule has 3 aromatic rings. The van der Waals surface area contributed by atoms with Gasteiger partial charge in [0.25, 0.3) is 0 Å². The summed E-state index contributed by atoms with van der Waals surface area (Å²) in [4.78, 5) is 29.7. The lowest BCUT2D eigenvalue weighted by atomic mass is 10.0. The van der Waals surface area contributed by atoms with Gasteiger partial charge in [-0.25, -0.2) is 14.3 Å². The van der Waals surface area contributed by atoms with Crippen LogP contribution in [-0.4, -0.2) is 76.6 Å². The molecule has 2 aliphatic rings. The molecule has 0 aliphatic carbocycles. The highest BCUT2D eigenvalue weighted by Crippen LogP contribution is 2.40. The summed E-state index contributed by atoms with van der Waals surface area (Å²) in [6.07, 6.45) is -4.17. The highest BCUT2D eigenvalue weighted by Gasteiger charge is 2.37. The van der Waals surface area contributed by atoms with E-state index < -0.39 is 23.3 Å². The Balaban J connectivity index is 1.40. The van der Waals surface area contributed by atoms with Gasteiger partial charge in [-0.1, -0.05) is 12.1 Å². The number of rotatable bonds is 6. The molecular formula is C31H36F3N5O5. The van der Waals surface area contributed by atoms with Crippen LogP contribution in [0.2, 0.25) is 0 Å². The van der Waals surface area contributed by atoms with Crippen molar-refractivity contribution in [3.05, 3.63) is 65.5 Å². The zero-order valence-electron chi connectivity index (χ0n) is 25.1. The molecule has 0 saturated carbocycles. The van der Waals surface area contributed by atoms with Crippen molar-refractivity contribution in [2.75, 3.05) is 44.6 Å². The van der Waals surface area contributed by atoms with E-state index in [1.807, 2.05) is 20.8 Å². The molecule has 2 aliphatic heterocycles. The predicted octanol–water partition coefficient (Wildman–Crippen LogP) is 6.27. The fraction of sp³-hybridized carbons (Fsp3) is 0.452. The molecule has 1 amide bonds. The van der Waals surface area contributed by atoms with Crippen LogP contribution in [0.3, 0.4) is 0 Å². The zero-order chi connectivity index (χ0) is 31.6. The van der Waals surface area contributed by atoms with Crippen LogP contribution in [0, 0.1) is 0 Å². The highest BCUT2D eigenvalue weighted by atomic mass is 19.4. The fourth-order valence-corrected chi connectivity index (χ4v) is 5.36. The van der Waals surface area contributed by atoms with Crippen molar-refractivity contribution < 1.29 is 37.0 Å². The van der Waals surface area contributed by atoms with Gasteiger partial charge in [0.15, 0.2) is 5.69 Å². The SMILES string of the molecule is CCOC(=O)c1c2c(nn1-c1ccc(Oc3ccccc3C(F)(F)F)cc1)C(N1CCN(C(=O)OC(C)(C)C)CC1)CCN2. The third-order valence-corrected chi connectivity index (χ3v) is 7.32. The van der Waals surface area contributed by atoms with E-state index in [0.717, 1.165) is 12.5 Å². The number of halogens is 3. The second-order valence-corrected chi connectivity index (χ2v) is 11.6. The van der Waals surface area contributed by atoms with Crippen LogP contribution in [-0.2, 0) is 15.7 Å². The standard InChI is InChI=1S/C31H36F3N5O5/c1-5-42-28(40)27-26-25(23(14-15-35-26)37-16-18-38(19-17-37)29(41)44-30(2,3)4)36-39(27)20-10-12-21(13-11-20)43-24-9-7-6-8-22(24)31(32,33)34/h6-13,23,35H,5,14-19H2,1-4H3. The van der Waals surface area contributed by atoms with Crippen LogP contribution in [0.25, 0.3) is 5.69 Å². The summed E-state index contributed by atoms with van der Waals surface area (Å²) < 4.78 is 58.3. The van der Waals surface area contributed by atoms with Crippen LogP contribution in [0.5, 0.6) is 11.5 Å². The second kappa shape index (κ2) is 12.4. The maximum atomic E-state index is 13.4. The number of alkyl halides is 3. The first-order valence-corrected chi connectivity index (χ1v) is 14.6. The molecule has 0 spiro atoms. The van der Waals surface area contributed by atoms with Crippen molar-refractivity contribution in [2.24, 2.45) is 0 Å². The minimum absolute atomic E-state index is 0.108. The molecular weight excluding hydrogens is 579 g/mol. The van der Waals surface area contributed by atoms with Gasteiger partial charge in [0.05, 0.1) is 29.6 Å². The van der Waals surface area contributed by atoms with Crippen molar-refractivity contribution in [1.29, 1.82) is 0 Å². The summed E-state index contributed by atoms with van der Waals surface area (Å²) in [6.45, 7) is 10.2. The Hall–Kier alpha value is -4.26. The topological polar surface area (TPSA) is 98.2 Å². The monoisotopic (exact) mass is 615 g/mol. The molecule has 0 radical (unpaired) electrons. The number of nitrogens with zero attached hydrogens (tertiary/aromatic N) is 4. The Bertz CT molecular complexity index is 1490. The minimum Gasteiger partial charge on any atom is -0.461 e. The van der Waals surface area contributed by atoms with Gasteiger partial charge in [-0.05, 0) is 70.5 Å². The predicted molar refractivity (Wildman–Crippen MR) is 156 cm³/mol. The number of hydrogen-bond acceptors (Lipinski definition) is 8. The molecule has 1 N–H and O–H groups in total. The molecule has 2 aromatic carbocycles. The molecule has 3 heterocycles. The Morgan fingerprint density at radius 1 is 1.00 bits per heavy atom. The van der Waals surface area contributed by atoms with Crippen molar-refractivity contribution in [2.45, 2.75) is 51.9 Å². The molecule has 1 unspecified atom stereocenters. The van der Waals surface area contributed by atoms with E-state index in [1.54, 1.807) is 24.0 Å². The fourth-order valence-electron chi connectivity index (χ4n) is 5.36. The smallest absolute Gasteiger partial charge is 0.419 e. The number of esters is 1. The average molecular weight is 616 g/mol. The number of benzene rings is 2. The third-order valence-electron chi connectivity index (χ3n) is 7.32. The molecule has 1 saturated heterocycles. The number of carbonyl (C=O) groups excluding carboxylic acids is 2. The Morgan fingerprint density at radius 3 is 2.32 bits per heavy atom. The zero-order valence-corrected chi connectivity index (χ0v) is 25.1. The van der Waals surface area contributed by atoms with Gasteiger partial charge < -0.3 is 24.4 Å². The molecule has 0 bridgehead atoms. The van der Waals surface area contributed by atoms with Crippen LogP contribution in [0.15, 0.2) is 48.5 Å². The first-order valence-electron chi connectivity index (χ1n) is 14.6. The summed E-state index contributed by atoms with van der Waals surface area (Å²) in [5, 5.41) is 8.18. The lowest BCUT2D eigenvalue weighted by molar-refractivity contribution is -0.138. The van der Waals surface area contributed by atoms with Gasteiger partial charge in [0.2, 0.25) is 0 Å². The number of fused-ring (bicyclic) bond motifs is 1. The van der Waals surface area contributed by atoms with Crippen LogP contribution < -0.4 is 10.1 Å². The van der Waals surface area contributed by atoms with E-state index in [1.165, 1.54) is 35.0 Å². The lowest BCUT2D eigenvalue weighted by Crippen LogP contribution is -2.51. The van der Waals surface area contributed by atoms with Gasteiger partial charge in [-0.2, -0.15) is 18.3 Å². The van der Waals surface area contributed by atoms with E-state index in [4.69, 9.17) is 19.3 Å². The second-order valence-electron chi connectivity index (χ2n) is 11.6. The van der Waals surface area contributed by atoms with Gasteiger partial charge in [0, 0.05) is 32.7 Å². The van der Waals surface area contributed by atoms with E-state index in [-0.39, 0.29) is 35.9 Å². The first-order chi connectivity index (χ1) is 20.9. The highest BCUT2D eigenvalue weighted by molar-refractivity contribution is 5.95. The number of nitrogens with one attached hydrogen (secondary N) is 1. The number of amides is 1. The van der Waals surface area contributed by atoms with Crippen LogP contribution >= 0.6 is 0 Å². The number of aromatic nitrogens is 2. The van der Waals surface area contributed by atoms with Gasteiger partial charge in [-0.3, -0.25) is 4.90 Å². The number of piperazine rings is 1. The van der Waals surface area contributed by atoms with E-state index in [0.29, 0.717) is 49.8 Å². The Labute approximate surface area is 253 Å². The number of ether oxygens (including phenoxy) is 3. The summed E-state index contributed by atoms with van der Waals surface area (Å²) in [7, 11) is 0. The quantitative estimate of drug-likeness (QED) is 0.324. The van der Waals surface area contributed by atoms with E-state index in [9.17, 15) is 22.8 Å². The Morgan fingerprint density at radius 2 is 1.68 bits per heavy atom. The van der Waals surface area contributed by atoms with Crippen molar-refractivity contribution in [3.8, 4) is 17.2 Å². The van der Waals surface area contributed by atoms with Gasteiger partial charge in [0.1, 0.15) is 22.8 Å². The summed E-state index contributed by atoms with van der Waals surface area (Å²) in [5.41, 5.74) is 0.548. The molecule has 236 valence electrons. The Kier molecular flexibility index (Phi) is 8.78.